The molecule has 0 amide bonds. The van der Waals surface area contributed by atoms with Gasteiger partial charge < -0.3 is 11.1 Å². The average Bonchev–Trinajstić information content (AvgIpc) is 2.37. The standard InChI is InChI=1S/C13H14N4O/c1-9(18)10-2-4-11(5-3-10)16-8-13-15-7-6-12(14)17-13/h2-7,16H,8H2,1H3,(H2,14,15,17). The molecule has 0 aliphatic heterocycles. The number of hydrogen-bond acceptors (Lipinski definition) is 5. The molecule has 1 heterocycles. The van der Waals surface area contributed by atoms with Gasteiger partial charge in [0.15, 0.2) is 5.78 Å². The predicted octanol–water partition coefficient (Wildman–Crippen LogP) is 1.87. The maximum absolute atomic E-state index is 11.1. The quantitative estimate of drug-likeness (QED) is 0.800. The number of nitrogens with two attached hydrogens (primary N) is 1. The Bertz CT molecular complexity index is 551. The van der Waals surface area contributed by atoms with Crippen LogP contribution in [0.2, 0.25) is 0 Å². The van der Waals surface area contributed by atoms with E-state index in [1.807, 2.05) is 12.1 Å². The molecule has 0 bridgehead atoms. The summed E-state index contributed by atoms with van der Waals surface area (Å²) >= 11 is 0. The molecule has 92 valence electrons. The van der Waals surface area contributed by atoms with E-state index in [0.717, 1.165) is 5.69 Å². The van der Waals surface area contributed by atoms with Gasteiger partial charge in [0.25, 0.3) is 0 Å². The highest BCUT2D eigenvalue weighted by atomic mass is 16.1. The lowest BCUT2D eigenvalue weighted by Crippen LogP contribution is -2.05. The Balaban J connectivity index is 2.00. The van der Waals surface area contributed by atoms with Crippen LogP contribution < -0.4 is 11.1 Å². The van der Waals surface area contributed by atoms with Gasteiger partial charge in [-0.2, -0.15) is 0 Å². The fraction of sp³-hybridized carbons (Fsp3) is 0.154. The summed E-state index contributed by atoms with van der Waals surface area (Å²) in [7, 11) is 0. The molecule has 0 unspecified atom stereocenters. The van der Waals surface area contributed by atoms with E-state index < -0.39 is 0 Å². The molecule has 0 aliphatic carbocycles. The lowest BCUT2D eigenvalue weighted by Gasteiger charge is -2.06. The summed E-state index contributed by atoms with van der Waals surface area (Å²) in [4.78, 5) is 19.3. The summed E-state index contributed by atoms with van der Waals surface area (Å²) in [6.07, 6.45) is 1.62. The van der Waals surface area contributed by atoms with Crippen LogP contribution in [0.5, 0.6) is 0 Å². The molecule has 0 aliphatic rings. The van der Waals surface area contributed by atoms with Crippen molar-refractivity contribution in [3.05, 3.63) is 47.9 Å². The third-order valence-electron chi connectivity index (χ3n) is 2.47. The molecule has 0 radical (unpaired) electrons. The first-order chi connectivity index (χ1) is 8.65. The highest BCUT2D eigenvalue weighted by Crippen LogP contribution is 2.10. The van der Waals surface area contributed by atoms with Crippen molar-refractivity contribution in [2.45, 2.75) is 13.5 Å². The molecule has 0 atom stereocenters. The second-order valence-electron chi connectivity index (χ2n) is 3.88. The van der Waals surface area contributed by atoms with E-state index in [0.29, 0.717) is 23.8 Å². The number of carbonyl (C=O) groups is 1. The van der Waals surface area contributed by atoms with Crippen LogP contribution >= 0.6 is 0 Å². The highest BCUT2D eigenvalue weighted by molar-refractivity contribution is 5.94. The van der Waals surface area contributed by atoms with Gasteiger partial charge in [-0.1, -0.05) is 0 Å². The molecule has 0 spiro atoms. The SMILES string of the molecule is CC(=O)c1ccc(NCc2nccc(N)n2)cc1. The molecule has 2 aromatic rings. The first kappa shape index (κ1) is 12.0. The first-order valence-electron chi connectivity index (χ1n) is 5.57. The van der Waals surface area contributed by atoms with E-state index in [2.05, 4.69) is 15.3 Å². The maximum atomic E-state index is 11.1. The fourth-order valence-electron chi connectivity index (χ4n) is 1.50. The normalized spacial score (nSPS) is 10.1. The van der Waals surface area contributed by atoms with Gasteiger partial charge in [-0.25, -0.2) is 9.97 Å². The topological polar surface area (TPSA) is 80.9 Å². The summed E-state index contributed by atoms with van der Waals surface area (Å²) in [5, 5.41) is 3.16. The first-order valence-corrected chi connectivity index (χ1v) is 5.57. The molecule has 0 fully saturated rings. The minimum atomic E-state index is 0.0562. The van der Waals surface area contributed by atoms with Gasteiger partial charge in [0, 0.05) is 17.4 Å². The van der Waals surface area contributed by atoms with Crippen LogP contribution in [0.3, 0.4) is 0 Å². The van der Waals surface area contributed by atoms with Crippen LogP contribution in [0.4, 0.5) is 11.5 Å². The summed E-state index contributed by atoms with van der Waals surface area (Å²) in [6.45, 7) is 2.04. The number of Topliss-reactive ketones (excluding diaryl/α,β-unsaturated/α-hetero) is 1. The maximum Gasteiger partial charge on any atom is 0.159 e. The van der Waals surface area contributed by atoms with E-state index in [1.54, 1.807) is 31.3 Å². The van der Waals surface area contributed by atoms with Gasteiger partial charge in [-0.05, 0) is 37.3 Å². The zero-order valence-electron chi connectivity index (χ0n) is 10.1. The Morgan fingerprint density at radius 1 is 1.28 bits per heavy atom. The largest absolute Gasteiger partial charge is 0.384 e. The monoisotopic (exact) mass is 242 g/mol. The smallest absolute Gasteiger partial charge is 0.159 e. The van der Waals surface area contributed by atoms with E-state index in [-0.39, 0.29) is 5.78 Å². The number of hydrogen-bond donors (Lipinski definition) is 2. The van der Waals surface area contributed by atoms with Crippen LogP contribution in [-0.2, 0) is 6.54 Å². The van der Waals surface area contributed by atoms with Crippen molar-refractivity contribution >= 4 is 17.3 Å². The minimum absolute atomic E-state index is 0.0562. The number of nitrogens with one attached hydrogen (secondary N) is 1. The second-order valence-corrected chi connectivity index (χ2v) is 3.88. The third kappa shape index (κ3) is 3.04. The summed E-state index contributed by atoms with van der Waals surface area (Å²) < 4.78 is 0. The van der Waals surface area contributed by atoms with Crippen LogP contribution in [-0.4, -0.2) is 15.8 Å². The molecule has 0 saturated carbocycles. The van der Waals surface area contributed by atoms with Crippen molar-refractivity contribution < 1.29 is 4.79 Å². The van der Waals surface area contributed by atoms with Gasteiger partial charge in [0.2, 0.25) is 0 Å². The predicted molar refractivity (Wildman–Crippen MR) is 70.2 cm³/mol. The van der Waals surface area contributed by atoms with Crippen LogP contribution in [0.1, 0.15) is 23.1 Å². The number of nitrogen functional groups attached to an aromatic ring is 1. The Morgan fingerprint density at radius 2 is 2.00 bits per heavy atom. The number of benzene rings is 1. The molecule has 0 saturated heterocycles. The minimum Gasteiger partial charge on any atom is -0.384 e. The van der Waals surface area contributed by atoms with Gasteiger partial charge in [-0.3, -0.25) is 4.79 Å². The van der Waals surface area contributed by atoms with Gasteiger partial charge >= 0.3 is 0 Å². The van der Waals surface area contributed by atoms with E-state index in [4.69, 9.17) is 5.73 Å². The summed E-state index contributed by atoms with van der Waals surface area (Å²) in [6, 6.07) is 8.91. The molecule has 1 aromatic carbocycles. The molecule has 3 N–H and O–H groups in total. The van der Waals surface area contributed by atoms with Crippen LogP contribution in [0.15, 0.2) is 36.5 Å². The van der Waals surface area contributed by atoms with E-state index in [9.17, 15) is 4.79 Å². The number of ketones is 1. The molecule has 5 nitrogen and oxygen atoms in total. The van der Waals surface area contributed by atoms with Gasteiger partial charge in [0.05, 0.1) is 6.54 Å². The molecule has 2 rings (SSSR count). The second kappa shape index (κ2) is 5.27. The molecule has 5 heteroatoms. The van der Waals surface area contributed by atoms with Crippen LogP contribution in [0.25, 0.3) is 0 Å². The third-order valence-corrected chi connectivity index (χ3v) is 2.47. The summed E-state index contributed by atoms with van der Waals surface area (Å²) in [5.41, 5.74) is 7.17. The Labute approximate surface area is 105 Å². The zero-order chi connectivity index (χ0) is 13.0. The number of carbonyl (C=O) groups excluding carboxylic acids is 1. The lowest BCUT2D eigenvalue weighted by atomic mass is 10.1. The molecular formula is C13H14N4O. The highest BCUT2D eigenvalue weighted by Gasteiger charge is 2.00. The van der Waals surface area contributed by atoms with Crippen molar-refractivity contribution in [3.63, 3.8) is 0 Å². The Morgan fingerprint density at radius 3 is 2.61 bits per heavy atom. The zero-order valence-corrected chi connectivity index (χ0v) is 10.1. The Kier molecular flexibility index (Phi) is 3.52. The fourth-order valence-corrected chi connectivity index (χ4v) is 1.50. The number of aromatic nitrogens is 2. The van der Waals surface area contributed by atoms with Crippen LogP contribution in [0, 0.1) is 0 Å². The average molecular weight is 242 g/mol. The van der Waals surface area contributed by atoms with E-state index >= 15 is 0 Å². The van der Waals surface area contributed by atoms with Gasteiger partial charge in [0.1, 0.15) is 11.6 Å². The van der Waals surface area contributed by atoms with Crippen molar-refractivity contribution in [2.75, 3.05) is 11.1 Å². The molecule has 1 aromatic heterocycles. The number of rotatable bonds is 4. The molecule has 18 heavy (non-hydrogen) atoms. The van der Waals surface area contributed by atoms with Gasteiger partial charge in [-0.15, -0.1) is 0 Å². The van der Waals surface area contributed by atoms with Crippen molar-refractivity contribution in [1.82, 2.24) is 9.97 Å². The van der Waals surface area contributed by atoms with E-state index in [1.165, 1.54) is 0 Å². The van der Waals surface area contributed by atoms with Crippen molar-refractivity contribution in [3.8, 4) is 0 Å². The number of nitrogens with zero attached hydrogens (tertiary/aromatic N) is 2. The number of anilines is 2. The molecular weight excluding hydrogens is 228 g/mol. The summed E-state index contributed by atoms with van der Waals surface area (Å²) in [5.74, 6) is 1.14. The Hall–Kier alpha value is -2.43. The van der Waals surface area contributed by atoms with Crippen molar-refractivity contribution in [2.24, 2.45) is 0 Å². The lowest BCUT2D eigenvalue weighted by molar-refractivity contribution is 0.101. The van der Waals surface area contributed by atoms with Crippen molar-refractivity contribution in [1.29, 1.82) is 0 Å².